The van der Waals surface area contributed by atoms with Gasteiger partial charge in [0.05, 0.1) is 6.42 Å². The molecule has 102 valence electrons. The Kier molecular flexibility index (Phi) is 4.20. The summed E-state index contributed by atoms with van der Waals surface area (Å²) in [6, 6.07) is 7.08. The lowest BCUT2D eigenvalue weighted by Crippen LogP contribution is -2.48. The highest BCUT2D eigenvalue weighted by Gasteiger charge is 2.31. The zero-order valence-electron chi connectivity index (χ0n) is 11.1. The number of aryl methyl sites for hydroxylation is 1. The minimum atomic E-state index is -0.891. The van der Waals surface area contributed by atoms with Crippen molar-refractivity contribution >= 4 is 11.9 Å². The predicted molar refractivity (Wildman–Crippen MR) is 71.9 cm³/mol. The molecular formula is C15H19NO3. The van der Waals surface area contributed by atoms with E-state index in [4.69, 9.17) is 0 Å². The maximum Gasteiger partial charge on any atom is 0.326 e. The van der Waals surface area contributed by atoms with Crippen molar-refractivity contribution in [2.45, 2.75) is 38.6 Å². The summed E-state index contributed by atoms with van der Waals surface area (Å²) in [7, 11) is 0. The fraction of sp³-hybridized carbons (Fsp3) is 0.467. The summed E-state index contributed by atoms with van der Waals surface area (Å²) in [6.07, 6.45) is 2.62. The molecule has 0 unspecified atom stereocenters. The van der Waals surface area contributed by atoms with Crippen LogP contribution in [0.3, 0.4) is 0 Å². The molecule has 1 aromatic rings. The monoisotopic (exact) mass is 261 g/mol. The van der Waals surface area contributed by atoms with Gasteiger partial charge in [-0.25, -0.2) is 4.79 Å². The van der Waals surface area contributed by atoms with E-state index in [-0.39, 0.29) is 12.3 Å². The van der Waals surface area contributed by atoms with Gasteiger partial charge >= 0.3 is 5.97 Å². The number of hydrogen-bond acceptors (Lipinski definition) is 2. The van der Waals surface area contributed by atoms with Crippen LogP contribution in [0.15, 0.2) is 24.3 Å². The number of nitrogens with zero attached hydrogens (tertiary/aromatic N) is 1. The molecule has 1 fully saturated rings. The van der Waals surface area contributed by atoms with Crippen molar-refractivity contribution in [3.05, 3.63) is 35.4 Å². The third-order valence-corrected chi connectivity index (χ3v) is 3.71. The fourth-order valence-corrected chi connectivity index (χ4v) is 2.56. The smallest absolute Gasteiger partial charge is 0.326 e. The van der Waals surface area contributed by atoms with E-state index in [0.717, 1.165) is 24.0 Å². The third kappa shape index (κ3) is 3.13. The van der Waals surface area contributed by atoms with Crippen LogP contribution >= 0.6 is 0 Å². The van der Waals surface area contributed by atoms with E-state index in [2.05, 4.69) is 0 Å². The Morgan fingerprint density at radius 3 is 2.74 bits per heavy atom. The first-order valence-electron chi connectivity index (χ1n) is 6.66. The standard InChI is InChI=1S/C15H19NO3/c1-11-6-2-3-7-12(11)10-14(17)16-9-5-4-8-13(16)15(18)19/h2-3,6-7,13H,4-5,8-10H2,1H3,(H,18,19)/t13-/m0/s1. The number of likely N-dealkylation sites (tertiary alicyclic amines) is 1. The van der Waals surface area contributed by atoms with Gasteiger partial charge in [0.25, 0.3) is 0 Å². The number of hydrogen-bond donors (Lipinski definition) is 1. The van der Waals surface area contributed by atoms with E-state index in [1.54, 1.807) is 0 Å². The Labute approximate surface area is 113 Å². The minimum Gasteiger partial charge on any atom is -0.480 e. The summed E-state index contributed by atoms with van der Waals surface area (Å²) < 4.78 is 0. The van der Waals surface area contributed by atoms with Gasteiger partial charge in [0.15, 0.2) is 0 Å². The quantitative estimate of drug-likeness (QED) is 0.905. The Hall–Kier alpha value is -1.84. The van der Waals surface area contributed by atoms with Gasteiger partial charge in [-0.3, -0.25) is 4.79 Å². The second-order valence-corrected chi connectivity index (χ2v) is 5.04. The molecule has 0 saturated carbocycles. The first-order chi connectivity index (χ1) is 9.09. The topological polar surface area (TPSA) is 57.6 Å². The Morgan fingerprint density at radius 1 is 1.32 bits per heavy atom. The Morgan fingerprint density at radius 2 is 2.05 bits per heavy atom. The lowest BCUT2D eigenvalue weighted by Gasteiger charge is -2.33. The molecule has 1 aromatic carbocycles. The second kappa shape index (κ2) is 5.87. The highest BCUT2D eigenvalue weighted by molar-refractivity contribution is 5.85. The van der Waals surface area contributed by atoms with Crippen molar-refractivity contribution in [1.29, 1.82) is 0 Å². The first-order valence-corrected chi connectivity index (χ1v) is 6.66. The molecular weight excluding hydrogens is 242 g/mol. The second-order valence-electron chi connectivity index (χ2n) is 5.04. The Balaban J connectivity index is 2.10. The van der Waals surface area contributed by atoms with Crippen molar-refractivity contribution in [1.82, 2.24) is 4.90 Å². The zero-order valence-corrected chi connectivity index (χ0v) is 11.1. The van der Waals surface area contributed by atoms with Crippen LogP contribution in [0.25, 0.3) is 0 Å². The minimum absolute atomic E-state index is 0.0820. The molecule has 2 rings (SSSR count). The number of carboxylic acids is 1. The molecule has 0 radical (unpaired) electrons. The number of carbonyl (C=O) groups excluding carboxylic acids is 1. The summed E-state index contributed by atoms with van der Waals surface area (Å²) in [5, 5.41) is 9.18. The van der Waals surface area contributed by atoms with Crippen LogP contribution in [0, 0.1) is 6.92 Å². The van der Waals surface area contributed by atoms with Crippen molar-refractivity contribution in [2.75, 3.05) is 6.54 Å². The molecule has 1 saturated heterocycles. The summed E-state index contributed by atoms with van der Waals surface area (Å²) in [6.45, 7) is 2.52. The predicted octanol–water partition coefficient (Wildman–Crippen LogP) is 2.00. The third-order valence-electron chi connectivity index (χ3n) is 3.71. The maximum absolute atomic E-state index is 12.3. The fourth-order valence-electron chi connectivity index (χ4n) is 2.56. The molecule has 4 nitrogen and oxygen atoms in total. The molecule has 1 aliphatic rings. The molecule has 1 heterocycles. The number of rotatable bonds is 3. The molecule has 1 N–H and O–H groups in total. The summed E-state index contributed by atoms with van der Waals surface area (Å²) >= 11 is 0. The van der Waals surface area contributed by atoms with E-state index >= 15 is 0 Å². The van der Waals surface area contributed by atoms with Crippen molar-refractivity contribution in [3.63, 3.8) is 0 Å². The van der Waals surface area contributed by atoms with Gasteiger partial charge in [0, 0.05) is 6.54 Å². The van der Waals surface area contributed by atoms with Crippen LogP contribution < -0.4 is 0 Å². The Bertz CT molecular complexity index is 484. The van der Waals surface area contributed by atoms with E-state index in [1.165, 1.54) is 4.90 Å². The SMILES string of the molecule is Cc1ccccc1CC(=O)N1CCCC[C@H]1C(=O)O. The van der Waals surface area contributed by atoms with Gasteiger partial charge < -0.3 is 10.0 Å². The molecule has 1 atom stereocenters. The zero-order chi connectivity index (χ0) is 13.8. The van der Waals surface area contributed by atoms with Gasteiger partial charge in [-0.15, -0.1) is 0 Å². The highest BCUT2D eigenvalue weighted by Crippen LogP contribution is 2.19. The number of benzene rings is 1. The molecule has 19 heavy (non-hydrogen) atoms. The summed E-state index contributed by atoms with van der Waals surface area (Å²) in [5.41, 5.74) is 2.04. The lowest BCUT2D eigenvalue weighted by atomic mass is 10.00. The van der Waals surface area contributed by atoms with Crippen LogP contribution in [0.4, 0.5) is 0 Å². The number of aliphatic carboxylic acids is 1. The lowest BCUT2D eigenvalue weighted by molar-refractivity contribution is -0.151. The van der Waals surface area contributed by atoms with Crippen LogP contribution in [-0.2, 0) is 16.0 Å². The normalized spacial score (nSPS) is 19.2. The molecule has 1 amide bonds. The number of amides is 1. The van der Waals surface area contributed by atoms with Gasteiger partial charge in [-0.05, 0) is 37.3 Å². The van der Waals surface area contributed by atoms with Crippen LogP contribution in [-0.4, -0.2) is 34.5 Å². The maximum atomic E-state index is 12.3. The number of carboxylic acid groups (broad SMARTS) is 1. The molecule has 0 spiro atoms. The van der Waals surface area contributed by atoms with E-state index in [0.29, 0.717) is 13.0 Å². The molecule has 1 aliphatic heterocycles. The van der Waals surface area contributed by atoms with Crippen molar-refractivity contribution in [3.8, 4) is 0 Å². The summed E-state index contributed by atoms with van der Waals surface area (Å²) in [5.74, 6) is -0.973. The number of carbonyl (C=O) groups is 2. The van der Waals surface area contributed by atoms with Crippen LogP contribution in [0.2, 0.25) is 0 Å². The molecule has 0 aliphatic carbocycles. The van der Waals surface area contributed by atoms with Gasteiger partial charge in [-0.1, -0.05) is 24.3 Å². The van der Waals surface area contributed by atoms with E-state index in [1.807, 2.05) is 31.2 Å². The van der Waals surface area contributed by atoms with Gasteiger partial charge in [-0.2, -0.15) is 0 Å². The van der Waals surface area contributed by atoms with Crippen molar-refractivity contribution < 1.29 is 14.7 Å². The molecule has 0 bridgehead atoms. The first kappa shape index (κ1) is 13.6. The highest BCUT2D eigenvalue weighted by atomic mass is 16.4. The van der Waals surface area contributed by atoms with Crippen molar-refractivity contribution in [2.24, 2.45) is 0 Å². The van der Waals surface area contributed by atoms with Gasteiger partial charge in [0.1, 0.15) is 6.04 Å². The van der Waals surface area contributed by atoms with Crippen LogP contribution in [0.1, 0.15) is 30.4 Å². The van der Waals surface area contributed by atoms with E-state index < -0.39 is 12.0 Å². The average Bonchev–Trinajstić information content (AvgIpc) is 2.41. The van der Waals surface area contributed by atoms with Crippen LogP contribution in [0.5, 0.6) is 0 Å². The number of piperidine rings is 1. The van der Waals surface area contributed by atoms with Gasteiger partial charge in [0.2, 0.25) is 5.91 Å². The molecule has 0 aromatic heterocycles. The average molecular weight is 261 g/mol. The van der Waals surface area contributed by atoms with E-state index in [9.17, 15) is 14.7 Å². The largest absolute Gasteiger partial charge is 0.480 e. The molecule has 4 heteroatoms. The summed E-state index contributed by atoms with van der Waals surface area (Å²) in [4.78, 5) is 25.0.